The second kappa shape index (κ2) is 3.90. The van der Waals surface area contributed by atoms with E-state index in [0.717, 1.165) is 0 Å². The minimum absolute atomic E-state index is 0.0122. The number of benzene rings is 1. The van der Waals surface area contributed by atoms with Crippen LogP contribution in [0.15, 0.2) is 18.2 Å². The molecule has 0 aliphatic heterocycles. The minimum atomic E-state index is -0.515. The molecule has 1 aromatic carbocycles. The third kappa shape index (κ3) is 2.45. The molecule has 0 N–H and O–H groups in total. The lowest BCUT2D eigenvalue weighted by molar-refractivity contribution is 0.242. The van der Waals surface area contributed by atoms with Crippen molar-refractivity contribution in [1.29, 1.82) is 5.26 Å². The average Bonchev–Trinajstić information content (AvgIpc) is 2.07. The van der Waals surface area contributed by atoms with Crippen molar-refractivity contribution in [2.75, 3.05) is 0 Å². The number of nitrogens with zero attached hydrogens (tertiary/aromatic N) is 1. The van der Waals surface area contributed by atoms with Gasteiger partial charge in [0, 0.05) is 6.07 Å². The van der Waals surface area contributed by atoms with Crippen molar-refractivity contribution in [3.8, 4) is 11.8 Å². The van der Waals surface area contributed by atoms with Crippen LogP contribution in [0.1, 0.15) is 19.4 Å². The third-order valence-electron chi connectivity index (χ3n) is 1.43. The van der Waals surface area contributed by atoms with E-state index in [1.54, 1.807) is 6.07 Å². The van der Waals surface area contributed by atoms with Gasteiger partial charge in [0.25, 0.3) is 0 Å². The molecule has 3 heteroatoms. The lowest BCUT2D eigenvalue weighted by atomic mass is 10.2. The van der Waals surface area contributed by atoms with Gasteiger partial charge in [0.15, 0.2) is 0 Å². The Morgan fingerprint density at radius 3 is 2.69 bits per heavy atom. The van der Waals surface area contributed by atoms with E-state index in [-0.39, 0.29) is 11.7 Å². The van der Waals surface area contributed by atoms with Gasteiger partial charge in [-0.15, -0.1) is 0 Å². The zero-order valence-corrected chi connectivity index (χ0v) is 7.54. The van der Waals surface area contributed by atoms with Crippen LogP contribution in [0.5, 0.6) is 5.75 Å². The lowest BCUT2D eigenvalue weighted by Gasteiger charge is -2.09. The fourth-order valence-corrected chi connectivity index (χ4v) is 0.936. The first-order chi connectivity index (χ1) is 6.13. The van der Waals surface area contributed by atoms with Crippen LogP contribution in [-0.4, -0.2) is 6.10 Å². The molecule has 0 amide bonds. The summed E-state index contributed by atoms with van der Waals surface area (Å²) in [4.78, 5) is 0. The smallest absolute Gasteiger partial charge is 0.141 e. The molecule has 0 saturated carbocycles. The molecule has 68 valence electrons. The molecule has 0 spiro atoms. The first-order valence-corrected chi connectivity index (χ1v) is 4.00. The lowest BCUT2D eigenvalue weighted by Crippen LogP contribution is -2.05. The van der Waals surface area contributed by atoms with Gasteiger partial charge in [-0.2, -0.15) is 5.26 Å². The van der Waals surface area contributed by atoms with Crippen LogP contribution in [0.4, 0.5) is 4.39 Å². The molecular formula is C10H10FNO. The molecule has 0 atom stereocenters. The number of halogens is 1. The van der Waals surface area contributed by atoms with Crippen LogP contribution in [0, 0.1) is 17.1 Å². The Balaban J connectivity index is 2.95. The monoisotopic (exact) mass is 179 g/mol. The predicted molar refractivity (Wildman–Crippen MR) is 46.9 cm³/mol. The average molecular weight is 179 g/mol. The molecule has 2 nitrogen and oxygen atoms in total. The summed E-state index contributed by atoms with van der Waals surface area (Å²) in [6.07, 6.45) is 0.0250. The highest BCUT2D eigenvalue weighted by Gasteiger charge is 2.04. The van der Waals surface area contributed by atoms with Gasteiger partial charge in [-0.1, -0.05) is 0 Å². The molecule has 0 heterocycles. The van der Waals surface area contributed by atoms with Crippen LogP contribution in [-0.2, 0) is 0 Å². The van der Waals surface area contributed by atoms with E-state index in [1.165, 1.54) is 18.2 Å². The van der Waals surface area contributed by atoms with Crippen molar-refractivity contribution in [2.45, 2.75) is 20.0 Å². The highest BCUT2D eigenvalue weighted by atomic mass is 19.1. The maximum atomic E-state index is 12.8. The summed E-state index contributed by atoms with van der Waals surface area (Å²) in [5, 5.41) is 8.53. The third-order valence-corrected chi connectivity index (χ3v) is 1.43. The normalized spacial score (nSPS) is 9.77. The van der Waals surface area contributed by atoms with Gasteiger partial charge in [-0.05, 0) is 26.0 Å². The van der Waals surface area contributed by atoms with Crippen LogP contribution in [0.2, 0.25) is 0 Å². The summed E-state index contributed by atoms with van der Waals surface area (Å²) in [7, 11) is 0. The Bertz CT molecular complexity index is 341. The van der Waals surface area contributed by atoms with Gasteiger partial charge in [-0.3, -0.25) is 0 Å². The fraction of sp³-hybridized carbons (Fsp3) is 0.300. The number of ether oxygens (including phenoxy) is 1. The number of nitriles is 1. The zero-order chi connectivity index (χ0) is 9.84. The minimum Gasteiger partial charge on any atom is -0.491 e. The number of rotatable bonds is 2. The van der Waals surface area contributed by atoms with E-state index in [1.807, 2.05) is 13.8 Å². The first-order valence-electron chi connectivity index (χ1n) is 4.00. The SMILES string of the molecule is CC(C)Oc1ccc(F)c(C#N)c1. The molecule has 0 saturated heterocycles. The van der Waals surface area contributed by atoms with Gasteiger partial charge >= 0.3 is 0 Å². The van der Waals surface area contributed by atoms with E-state index < -0.39 is 5.82 Å². The molecule has 1 aromatic rings. The molecule has 0 unspecified atom stereocenters. The van der Waals surface area contributed by atoms with Crippen molar-refractivity contribution < 1.29 is 9.13 Å². The van der Waals surface area contributed by atoms with E-state index in [2.05, 4.69) is 0 Å². The number of hydrogen-bond donors (Lipinski definition) is 0. The molecule has 0 bridgehead atoms. The second-order valence-corrected chi connectivity index (χ2v) is 2.92. The van der Waals surface area contributed by atoms with Crippen molar-refractivity contribution >= 4 is 0 Å². The Morgan fingerprint density at radius 2 is 2.15 bits per heavy atom. The van der Waals surface area contributed by atoms with E-state index >= 15 is 0 Å². The Morgan fingerprint density at radius 1 is 1.46 bits per heavy atom. The molecule has 1 rings (SSSR count). The van der Waals surface area contributed by atoms with Crippen molar-refractivity contribution in [1.82, 2.24) is 0 Å². The molecule has 0 aliphatic carbocycles. The zero-order valence-electron chi connectivity index (χ0n) is 7.54. The van der Waals surface area contributed by atoms with E-state index in [9.17, 15) is 4.39 Å². The van der Waals surface area contributed by atoms with E-state index in [4.69, 9.17) is 10.00 Å². The van der Waals surface area contributed by atoms with Crippen molar-refractivity contribution in [3.63, 3.8) is 0 Å². The van der Waals surface area contributed by atoms with Gasteiger partial charge in [-0.25, -0.2) is 4.39 Å². The van der Waals surface area contributed by atoms with Gasteiger partial charge < -0.3 is 4.74 Å². The molecule has 0 aromatic heterocycles. The van der Waals surface area contributed by atoms with Crippen LogP contribution in [0.3, 0.4) is 0 Å². The first kappa shape index (κ1) is 9.53. The van der Waals surface area contributed by atoms with Crippen LogP contribution in [0.25, 0.3) is 0 Å². The summed E-state index contributed by atoms with van der Waals surface area (Å²) >= 11 is 0. The van der Waals surface area contributed by atoms with Crippen LogP contribution < -0.4 is 4.74 Å². The molecule has 0 radical (unpaired) electrons. The van der Waals surface area contributed by atoms with Crippen LogP contribution >= 0.6 is 0 Å². The highest BCUT2D eigenvalue weighted by Crippen LogP contribution is 2.17. The molecule has 13 heavy (non-hydrogen) atoms. The maximum Gasteiger partial charge on any atom is 0.141 e. The summed E-state index contributed by atoms with van der Waals surface area (Å²) in [5.74, 6) is 0.00607. The Hall–Kier alpha value is -1.56. The Kier molecular flexibility index (Phi) is 2.86. The summed E-state index contributed by atoms with van der Waals surface area (Å²) in [6.45, 7) is 3.74. The standard InChI is InChI=1S/C10H10FNO/c1-7(2)13-9-3-4-10(11)8(5-9)6-12/h3-5,7H,1-2H3. The highest BCUT2D eigenvalue weighted by molar-refractivity contribution is 5.37. The maximum absolute atomic E-state index is 12.8. The largest absolute Gasteiger partial charge is 0.491 e. The van der Waals surface area contributed by atoms with Gasteiger partial charge in [0.2, 0.25) is 0 Å². The van der Waals surface area contributed by atoms with Gasteiger partial charge in [0.1, 0.15) is 17.6 Å². The van der Waals surface area contributed by atoms with Gasteiger partial charge in [0.05, 0.1) is 11.7 Å². The topological polar surface area (TPSA) is 33.0 Å². The fourth-order valence-electron chi connectivity index (χ4n) is 0.936. The summed E-state index contributed by atoms with van der Waals surface area (Å²) in [5.41, 5.74) is 0.0122. The molecule has 0 aliphatic rings. The predicted octanol–water partition coefficient (Wildman–Crippen LogP) is 2.48. The van der Waals surface area contributed by atoms with E-state index in [0.29, 0.717) is 5.75 Å². The number of hydrogen-bond acceptors (Lipinski definition) is 2. The Labute approximate surface area is 76.6 Å². The van der Waals surface area contributed by atoms with Crippen molar-refractivity contribution in [2.24, 2.45) is 0 Å². The quantitative estimate of drug-likeness (QED) is 0.698. The summed E-state index contributed by atoms with van der Waals surface area (Å²) in [6, 6.07) is 5.89. The second-order valence-electron chi connectivity index (χ2n) is 2.92. The van der Waals surface area contributed by atoms with Crippen molar-refractivity contribution in [3.05, 3.63) is 29.6 Å². The molecule has 0 fully saturated rings. The molecular weight excluding hydrogens is 169 g/mol. The summed E-state index contributed by atoms with van der Waals surface area (Å²) < 4.78 is 18.1.